The third-order valence-corrected chi connectivity index (χ3v) is 2.04. The molecule has 1 heterocycles. The molecular weight excluding hydrogens is 247 g/mol. The van der Waals surface area contributed by atoms with Crippen molar-refractivity contribution in [1.29, 1.82) is 0 Å². The van der Waals surface area contributed by atoms with Crippen molar-refractivity contribution in [2.24, 2.45) is 0 Å². The van der Waals surface area contributed by atoms with Gasteiger partial charge in [-0.05, 0) is 20.8 Å². The lowest BCUT2D eigenvalue weighted by Gasteiger charge is -2.24. The number of nitrogens with zero attached hydrogens (tertiary/aromatic N) is 2. The summed E-state index contributed by atoms with van der Waals surface area (Å²) in [6.45, 7) is 5.19. The van der Waals surface area contributed by atoms with Gasteiger partial charge in [0.1, 0.15) is 10.8 Å². The average molecular weight is 261 g/mol. The minimum Gasteiger partial charge on any atom is -0.443 e. The summed E-state index contributed by atoms with van der Waals surface area (Å²) in [4.78, 5) is 16.3. The molecule has 4 nitrogen and oxygen atoms in total. The lowest BCUT2D eigenvalue weighted by atomic mass is 10.2. The smallest absolute Gasteiger partial charge is 0.414 e. The molecule has 6 heteroatoms. The maximum atomic E-state index is 13.4. The maximum Gasteiger partial charge on any atom is 0.414 e. The van der Waals surface area contributed by atoms with E-state index in [9.17, 15) is 9.18 Å². The molecule has 1 aromatic rings. The summed E-state index contributed by atoms with van der Waals surface area (Å²) in [6, 6.07) is 1.26. The Morgan fingerprint density at radius 1 is 1.53 bits per heavy atom. The third-order valence-electron chi connectivity index (χ3n) is 1.83. The van der Waals surface area contributed by atoms with Crippen molar-refractivity contribution in [3.63, 3.8) is 0 Å². The van der Waals surface area contributed by atoms with Crippen LogP contribution in [0.3, 0.4) is 0 Å². The monoisotopic (exact) mass is 260 g/mol. The predicted octanol–water partition coefficient (Wildman–Crippen LogP) is 3.25. The lowest BCUT2D eigenvalue weighted by Crippen LogP contribution is -2.34. The maximum absolute atomic E-state index is 13.4. The molecule has 0 bridgehead atoms. The number of hydrogen-bond donors (Lipinski definition) is 0. The zero-order valence-corrected chi connectivity index (χ0v) is 10.9. The van der Waals surface area contributed by atoms with Crippen LogP contribution in [0.4, 0.5) is 14.9 Å². The fourth-order valence-corrected chi connectivity index (χ4v) is 1.24. The van der Waals surface area contributed by atoms with E-state index in [0.717, 1.165) is 11.1 Å². The Kier molecular flexibility index (Phi) is 3.93. The number of aromatic nitrogens is 1. The first-order valence-corrected chi connectivity index (χ1v) is 5.36. The Hall–Kier alpha value is -1.36. The van der Waals surface area contributed by atoms with E-state index in [4.69, 9.17) is 16.3 Å². The molecule has 1 aromatic heterocycles. The third kappa shape index (κ3) is 3.85. The Labute approximate surface area is 104 Å². The van der Waals surface area contributed by atoms with Crippen molar-refractivity contribution >= 4 is 23.4 Å². The van der Waals surface area contributed by atoms with Gasteiger partial charge in [-0.25, -0.2) is 14.2 Å². The van der Waals surface area contributed by atoms with Crippen LogP contribution in [0, 0.1) is 5.82 Å². The molecule has 17 heavy (non-hydrogen) atoms. The summed E-state index contributed by atoms with van der Waals surface area (Å²) < 4.78 is 18.5. The molecule has 0 aliphatic heterocycles. The normalized spacial score (nSPS) is 11.2. The van der Waals surface area contributed by atoms with E-state index < -0.39 is 17.5 Å². The van der Waals surface area contributed by atoms with Crippen LogP contribution < -0.4 is 4.90 Å². The van der Waals surface area contributed by atoms with Crippen LogP contribution in [-0.4, -0.2) is 23.7 Å². The second-order valence-electron chi connectivity index (χ2n) is 4.50. The van der Waals surface area contributed by atoms with E-state index in [0.29, 0.717) is 0 Å². The van der Waals surface area contributed by atoms with Gasteiger partial charge in [0.15, 0.2) is 5.82 Å². The van der Waals surface area contributed by atoms with Crippen molar-refractivity contribution in [1.82, 2.24) is 4.98 Å². The van der Waals surface area contributed by atoms with Gasteiger partial charge < -0.3 is 4.74 Å². The molecule has 0 atom stereocenters. The fraction of sp³-hybridized carbons (Fsp3) is 0.455. The van der Waals surface area contributed by atoms with E-state index in [1.165, 1.54) is 13.1 Å². The van der Waals surface area contributed by atoms with Crippen LogP contribution in [0.15, 0.2) is 12.3 Å². The van der Waals surface area contributed by atoms with E-state index >= 15 is 0 Å². The number of carbonyl (C=O) groups excluding carboxylic acids is 1. The van der Waals surface area contributed by atoms with Crippen molar-refractivity contribution < 1.29 is 13.9 Å². The van der Waals surface area contributed by atoms with Crippen LogP contribution in [0.2, 0.25) is 5.15 Å². The van der Waals surface area contributed by atoms with Gasteiger partial charge >= 0.3 is 6.09 Å². The molecule has 0 aliphatic rings. The summed E-state index contributed by atoms with van der Waals surface area (Å²) in [5.41, 5.74) is -0.613. The highest BCUT2D eigenvalue weighted by Crippen LogP contribution is 2.22. The number of ether oxygens (including phenoxy) is 1. The predicted molar refractivity (Wildman–Crippen MR) is 63.8 cm³/mol. The highest BCUT2D eigenvalue weighted by molar-refractivity contribution is 6.29. The van der Waals surface area contributed by atoms with Gasteiger partial charge in [0.25, 0.3) is 0 Å². The number of hydrogen-bond acceptors (Lipinski definition) is 3. The largest absolute Gasteiger partial charge is 0.443 e. The molecule has 1 amide bonds. The minimum absolute atomic E-state index is 0.0271. The second kappa shape index (κ2) is 4.87. The first kappa shape index (κ1) is 13.7. The van der Waals surface area contributed by atoms with E-state index in [-0.39, 0.29) is 10.8 Å². The van der Waals surface area contributed by atoms with Gasteiger partial charge in [-0.15, -0.1) is 0 Å². The molecule has 0 N–H and O–H groups in total. The summed E-state index contributed by atoms with van der Waals surface area (Å²) in [7, 11) is 1.41. The topological polar surface area (TPSA) is 42.4 Å². The molecule has 0 aliphatic carbocycles. The zero-order chi connectivity index (χ0) is 13.2. The average Bonchev–Trinajstić information content (AvgIpc) is 2.18. The van der Waals surface area contributed by atoms with Gasteiger partial charge in [0.05, 0.1) is 11.9 Å². The SMILES string of the molecule is CN(C(=O)OC(C)(C)C)c1cc(Cl)ncc1F. The van der Waals surface area contributed by atoms with Crippen molar-refractivity contribution in [2.75, 3.05) is 11.9 Å². The summed E-state index contributed by atoms with van der Waals surface area (Å²) in [5, 5.41) is 0.108. The Morgan fingerprint density at radius 3 is 2.65 bits per heavy atom. The summed E-state index contributed by atoms with van der Waals surface area (Å²) >= 11 is 5.64. The van der Waals surface area contributed by atoms with Crippen LogP contribution in [-0.2, 0) is 4.74 Å². The second-order valence-corrected chi connectivity index (χ2v) is 4.89. The molecule has 94 valence electrons. The Bertz CT molecular complexity index is 432. The summed E-state index contributed by atoms with van der Waals surface area (Å²) in [5.74, 6) is -0.636. The molecule has 1 rings (SSSR count). The van der Waals surface area contributed by atoms with Crippen LogP contribution >= 0.6 is 11.6 Å². The fourth-order valence-electron chi connectivity index (χ4n) is 1.09. The highest BCUT2D eigenvalue weighted by Gasteiger charge is 2.22. The van der Waals surface area contributed by atoms with Gasteiger partial charge in [-0.2, -0.15) is 0 Å². The quantitative estimate of drug-likeness (QED) is 0.728. The van der Waals surface area contributed by atoms with Gasteiger partial charge in [-0.1, -0.05) is 11.6 Å². The molecule has 0 radical (unpaired) electrons. The van der Waals surface area contributed by atoms with Crippen LogP contribution in [0.5, 0.6) is 0 Å². The first-order chi connectivity index (χ1) is 7.70. The highest BCUT2D eigenvalue weighted by atomic mass is 35.5. The Balaban J connectivity index is 2.92. The van der Waals surface area contributed by atoms with E-state index in [2.05, 4.69) is 4.98 Å². The zero-order valence-electron chi connectivity index (χ0n) is 10.1. The molecule has 0 fully saturated rings. The molecular formula is C11H14ClFN2O2. The molecule has 0 saturated heterocycles. The number of anilines is 1. The minimum atomic E-state index is -0.654. The van der Waals surface area contributed by atoms with Gasteiger partial charge in [0, 0.05) is 13.1 Å². The molecule has 0 saturated carbocycles. The number of halogens is 2. The van der Waals surface area contributed by atoms with Crippen molar-refractivity contribution in [3.05, 3.63) is 23.2 Å². The van der Waals surface area contributed by atoms with Crippen molar-refractivity contribution in [2.45, 2.75) is 26.4 Å². The van der Waals surface area contributed by atoms with Gasteiger partial charge in [-0.3, -0.25) is 4.90 Å². The number of pyridine rings is 1. The van der Waals surface area contributed by atoms with E-state index in [1.807, 2.05) is 0 Å². The number of rotatable bonds is 1. The molecule has 0 spiro atoms. The van der Waals surface area contributed by atoms with Gasteiger partial charge in [0.2, 0.25) is 0 Å². The molecule has 0 unspecified atom stereocenters. The lowest BCUT2D eigenvalue weighted by molar-refractivity contribution is 0.0588. The number of amides is 1. The van der Waals surface area contributed by atoms with Crippen molar-refractivity contribution in [3.8, 4) is 0 Å². The van der Waals surface area contributed by atoms with Crippen LogP contribution in [0.1, 0.15) is 20.8 Å². The first-order valence-electron chi connectivity index (χ1n) is 4.98. The molecule has 0 aromatic carbocycles. The summed E-state index contributed by atoms with van der Waals surface area (Å²) in [6.07, 6.45) is 0.303. The van der Waals surface area contributed by atoms with Crippen LogP contribution in [0.25, 0.3) is 0 Å². The standard InChI is InChI=1S/C11H14ClFN2O2/c1-11(2,3)17-10(16)15(4)8-5-9(12)14-6-7(8)13/h5-6H,1-4H3. The Morgan fingerprint density at radius 2 is 2.12 bits per heavy atom. The number of carbonyl (C=O) groups is 1. The van der Waals surface area contributed by atoms with E-state index in [1.54, 1.807) is 20.8 Å².